The van der Waals surface area contributed by atoms with E-state index in [1.54, 1.807) is 42.5 Å². The molecular weight excluding hydrogens is 475 g/mol. The van der Waals surface area contributed by atoms with Gasteiger partial charge in [-0.05, 0) is 66.7 Å². The lowest BCUT2D eigenvalue weighted by Gasteiger charge is -2.07. The lowest BCUT2D eigenvalue weighted by atomic mass is 10.2. The maximum Gasteiger partial charge on any atom is 0.283 e. The van der Waals surface area contributed by atoms with E-state index in [9.17, 15) is 8.42 Å². The van der Waals surface area contributed by atoms with Crippen molar-refractivity contribution in [2.45, 2.75) is 4.90 Å². The summed E-state index contributed by atoms with van der Waals surface area (Å²) in [5.41, 5.74) is 0.356. The van der Waals surface area contributed by atoms with Crippen molar-refractivity contribution in [2.24, 2.45) is 0 Å². The van der Waals surface area contributed by atoms with Crippen molar-refractivity contribution in [1.82, 2.24) is 9.19 Å². The molecule has 1 aromatic heterocycles. The fourth-order valence-electron chi connectivity index (χ4n) is 3.00. The highest BCUT2D eigenvalue weighted by atomic mass is 35.5. The minimum absolute atomic E-state index is 0.0553. The zero-order chi connectivity index (χ0) is 22.7. The highest BCUT2D eigenvalue weighted by Gasteiger charge is 2.24. The van der Waals surface area contributed by atoms with E-state index in [0.29, 0.717) is 32.4 Å². The van der Waals surface area contributed by atoms with Crippen molar-refractivity contribution in [3.05, 3.63) is 76.8 Å². The second kappa shape index (κ2) is 9.28. The Hall–Kier alpha value is -2.94. The first-order valence-electron chi connectivity index (χ1n) is 9.47. The van der Waals surface area contributed by atoms with E-state index in [1.807, 2.05) is 0 Å². The van der Waals surface area contributed by atoms with Crippen molar-refractivity contribution in [3.8, 4) is 17.4 Å². The minimum Gasteiger partial charge on any atom is -0.497 e. The summed E-state index contributed by atoms with van der Waals surface area (Å²) in [7, 11) is -2.45. The second-order valence-electron chi connectivity index (χ2n) is 6.64. The number of aromatic nitrogens is 2. The molecule has 0 fully saturated rings. The molecule has 7 nitrogen and oxygen atoms in total. The van der Waals surface area contributed by atoms with Crippen molar-refractivity contribution >= 4 is 44.1 Å². The van der Waals surface area contributed by atoms with Gasteiger partial charge in [0.25, 0.3) is 10.0 Å². The lowest BCUT2D eigenvalue weighted by Crippen LogP contribution is -2.15. The lowest BCUT2D eigenvalue weighted by molar-refractivity contribution is 0.213. The van der Waals surface area contributed by atoms with Crippen molar-refractivity contribution < 1.29 is 22.6 Å². The van der Waals surface area contributed by atoms with Gasteiger partial charge in [-0.15, -0.1) is 9.19 Å². The van der Waals surface area contributed by atoms with Gasteiger partial charge in [-0.1, -0.05) is 23.2 Å². The van der Waals surface area contributed by atoms with Crippen LogP contribution in [0.1, 0.15) is 0 Å². The van der Waals surface area contributed by atoms with Crippen LogP contribution in [-0.4, -0.2) is 37.9 Å². The molecule has 0 atom stereocenters. The molecular formula is C22H18Cl2N2O5S. The first-order chi connectivity index (χ1) is 15.4. The van der Waals surface area contributed by atoms with Crippen LogP contribution in [0.2, 0.25) is 10.0 Å². The fraction of sp³-hybridized carbons (Fsp3) is 0.136. The number of halogens is 2. The number of ether oxygens (including phenoxy) is 3. The summed E-state index contributed by atoms with van der Waals surface area (Å²) in [4.78, 5) is 0.0553. The molecule has 3 aromatic carbocycles. The van der Waals surface area contributed by atoms with Crippen LogP contribution in [0.3, 0.4) is 0 Å². The SMILES string of the molecule is COc1ccc2c(c1)c(OCCOc1ccc(Cl)cc1)nn2S(=O)(=O)c1ccc(Cl)cc1. The molecule has 166 valence electrons. The Bertz CT molecular complexity index is 1340. The third-order valence-electron chi connectivity index (χ3n) is 4.57. The van der Waals surface area contributed by atoms with Gasteiger partial charge in [-0.3, -0.25) is 0 Å². The van der Waals surface area contributed by atoms with Gasteiger partial charge in [0.2, 0.25) is 5.88 Å². The first-order valence-corrected chi connectivity index (χ1v) is 11.7. The van der Waals surface area contributed by atoms with E-state index in [0.717, 1.165) is 4.09 Å². The highest BCUT2D eigenvalue weighted by Crippen LogP contribution is 2.31. The molecule has 0 aliphatic heterocycles. The second-order valence-corrected chi connectivity index (χ2v) is 9.28. The molecule has 4 aromatic rings. The van der Waals surface area contributed by atoms with Gasteiger partial charge < -0.3 is 14.2 Å². The molecule has 0 bridgehead atoms. The van der Waals surface area contributed by atoms with Gasteiger partial charge in [0.05, 0.1) is 22.9 Å². The van der Waals surface area contributed by atoms with Gasteiger partial charge in [-0.2, -0.15) is 8.42 Å². The number of benzene rings is 3. The van der Waals surface area contributed by atoms with E-state index in [1.165, 1.54) is 31.4 Å². The van der Waals surface area contributed by atoms with E-state index in [-0.39, 0.29) is 24.0 Å². The molecule has 0 N–H and O–H groups in total. The maximum absolute atomic E-state index is 13.2. The molecule has 0 saturated heterocycles. The summed E-state index contributed by atoms with van der Waals surface area (Å²) in [5.74, 6) is 1.33. The van der Waals surface area contributed by atoms with Crippen molar-refractivity contribution in [2.75, 3.05) is 20.3 Å². The van der Waals surface area contributed by atoms with Crippen LogP contribution in [0, 0.1) is 0 Å². The standard InChI is InChI=1S/C22H18Cl2N2O5S/c1-29-18-8-11-21-20(14-18)22(31-13-12-30-17-6-2-15(23)3-7-17)25-26(21)32(27,28)19-9-4-16(24)5-10-19/h2-11,14H,12-13H2,1H3. The van der Waals surface area contributed by atoms with Crippen LogP contribution in [-0.2, 0) is 10.0 Å². The number of rotatable bonds is 8. The van der Waals surface area contributed by atoms with Crippen molar-refractivity contribution in [3.63, 3.8) is 0 Å². The summed E-state index contributed by atoms with van der Waals surface area (Å²) in [6.07, 6.45) is 0. The predicted octanol–water partition coefficient (Wildman–Crippen LogP) is 5.05. The zero-order valence-corrected chi connectivity index (χ0v) is 19.2. The topological polar surface area (TPSA) is 79.7 Å². The molecule has 10 heteroatoms. The Morgan fingerprint density at radius 1 is 0.844 bits per heavy atom. The summed E-state index contributed by atoms with van der Waals surface area (Å²) in [6.45, 7) is 0.372. The average molecular weight is 493 g/mol. The number of methoxy groups -OCH3 is 1. The molecule has 0 saturated carbocycles. The van der Waals surface area contributed by atoms with Gasteiger partial charge in [0.15, 0.2) is 0 Å². The third-order valence-corrected chi connectivity index (χ3v) is 6.67. The molecule has 0 aliphatic carbocycles. The van der Waals surface area contributed by atoms with Crippen LogP contribution >= 0.6 is 23.2 Å². The van der Waals surface area contributed by atoms with Gasteiger partial charge in [0, 0.05) is 10.0 Å². The van der Waals surface area contributed by atoms with Crippen LogP contribution in [0.5, 0.6) is 17.4 Å². The average Bonchev–Trinajstić information content (AvgIpc) is 3.17. The molecule has 0 radical (unpaired) electrons. The number of hydrogen-bond donors (Lipinski definition) is 0. The number of hydrogen-bond acceptors (Lipinski definition) is 6. The third kappa shape index (κ3) is 4.62. The van der Waals surface area contributed by atoms with E-state index in [2.05, 4.69) is 5.10 Å². The largest absolute Gasteiger partial charge is 0.497 e. The molecule has 0 spiro atoms. The van der Waals surface area contributed by atoms with Gasteiger partial charge in [-0.25, -0.2) is 0 Å². The predicted molar refractivity (Wildman–Crippen MR) is 123 cm³/mol. The molecule has 4 rings (SSSR count). The number of fused-ring (bicyclic) bond motifs is 1. The summed E-state index contributed by atoms with van der Waals surface area (Å²) < 4.78 is 44.0. The first kappa shape index (κ1) is 22.3. The molecule has 32 heavy (non-hydrogen) atoms. The normalized spacial score (nSPS) is 11.5. The Balaban J connectivity index is 1.62. The molecule has 0 amide bonds. The Morgan fingerprint density at radius 2 is 1.44 bits per heavy atom. The smallest absolute Gasteiger partial charge is 0.283 e. The summed E-state index contributed by atoms with van der Waals surface area (Å²) >= 11 is 11.8. The number of nitrogens with zero attached hydrogens (tertiary/aromatic N) is 2. The van der Waals surface area contributed by atoms with E-state index in [4.69, 9.17) is 37.4 Å². The van der Waals surface area contributed by atoms with Gasteiger partial charge >= 0.3 is 0 Å². The van der Waals surface area contributed by atoms with Crippen LogP contribution in [0.25, 0.3) is 10.9 Å². The Kier molecular flexibility index (Phi) is 6.45. The fourth-order valence-corrected chi connectivity index (χ4v) is 4.53. The Labute approximate surface area is 195 Å². The van der Waals surface area contributed by atoms with E-state index < -0.39 is 10.0 Å². The van der Waals surface area contributed by atoms with Crippen molar-refractivity contribution in [1.29, 1.82) is 0 Å². The molecule has 0 unspecified atom stereocenters. The van der Waals surface area contributed by atoms with Crippen LogP contribution < -0.4 is 14.2 Å². The zero-order valence-electron chi connectivity index (χ0n) is 16.9. The van der Waals surface area contributed by atoms with Crippen LogP contribution in [0.4, 0.5) is 0 Å². The van der Waals surface area contributed by atoms with Gasteiger partial charge in [0.1, 0.15) is 24.7 Å². The molecule has 0 aliphatic rings. The molecule has 1 heterocycles. The monoisotopic (exact) mass is 492 g/mol. The summed E-state index contributed by atoms with van der Waals surface area (Å²) in [5, 5.41) is 5.78. The quantitative estimate of drug-likeness (QED) is 0.320. The highest BCUT2D eigenvalue weighted by molar-refractivity contribution is 7.90. The minimum atomic E-state index is -3.98. The Morgan fingerprint density at radius 3 is 2.09 bits per heavy atom. The van der Waals surface area contributed by atoms with Crippen LogP contribution in [0.15, 0.2) is 71.6 Å². The summed E-state index contributed by atoms with van der Waals surface area (Å²) in [6, 6.07) is 17.8. The van der Waals surface area contributed by atoms with E-state index >= 15 is 0 Å². The maximum atomic E-state index is 13.2.